The maximum absolute atomic E-state index is 13.3. The molecule has 1 aromatic rings. The molecule has 0 radical (unpaired) electrons. The van der Waals surface area contributed by atoms with Gasteiger partial charge in [0.15, 0.2) is 0 Å². The van der Waals surface area contributed by atoms with Crippen LogP contribution >= 0.6 is 0 Å². The van der Waals surface area contributed by atoms with Gasteiger partial charge in [-0.15, -0.1) is 0 Å². The predicted molar refractivity (Wildman–Crippen MR) is 52.2 cm³/mol. The van der Waals surface area contributed by atoms with Crippen LogP contribution in [0.4, 0.5) is 23.2 Å². The van der Waals surface area contributed by atoms with Crippen LogP contribution in [-0.2, 0) is 0 Å². The van der Waals surface area contributed by atoms with Gasteiger partial charge in [0.05, 0.1) is 12.5 Å². The van der Waals surface area contributed by atoms with Crippen molar-refractivity contribution >= 4 is 5.69 Å². The molecule has 1 rings (SSSR count). The van der Waals surface area contributed by atoms with Crippen LogP contribution in [0, 0.1) is 34.9 Å². The first-order chi connectivity index (χ1) is 7.90. The number of hydrogen-bond donors (Lipinski definition) is 0. The lowest BCUT2D eigenvalue weighted by Gasteiger charge is -2.25. The van der Waals surface area contributed by atoms with Gasteiger partial charge in [-0.2, -0.15) is 27.8 Å². The van der Waals surface area contributed by atoms with Crippen LogP contribution < -0.4 is 4.90 Å². The third-order valence-corrected chi connectivity index (χ3v) is 2.37. The van der Waals surface area contributed by atoms with E-state index in [2.05, 4.69) is 4.98 Å². The highest BCUT2D eigenvalue weighted by atomic mass is 19.2. The van der Waals surface area contributed by atoms with Gasteiger partial charge < -0.3 is 4.90 Å². The Labute approximate surface area is 95.3 Å². The van der Waals surface area contributed by atoms with Crippen molar-refractivity contribution in [3.05, 3.63) is 23.5 Å². The molecule has 3 nitrogen and oxygen atoms in total. The van der Waals surface area contributed by atoms with Gasteiger partial charge in [0, 0.05) is 13.1 Å². The molecule has 1 atom stereocenters. The molecule has 0 saturated heterocycles. The highest BCUT2D eigenvalue weighted by Gasteiger charge is 2.25. The summed E-state index contributed by atoms with van der Waals surface area (Å²) in [5.74, 6) is -6.57. The third-order valence-electron chi connectivity index (χ3n) is 2.37. The SMILES string of the molecule is CC(CC#N)N(C)c1c(F)c(F)nc(F)c1F. The number of hydrogen-bond acceptors (Lipinski definition) is 3. The minimum atomic E-state index is -1.71. The number of rotatable bonds is 3. The molecule has 0 spiro atoms. The van der Waals surface area contributed by atoms with Crippen LogP contribution in [0.15, 0.2) is 0 Å². The van der Waals surface area contributed by atoms with Crippen molar-refractivity contribution in [3.8, 4) is 6.07 Å². The van der Waals surface area contributed by atoms with Crippen molar-refractivity contribution in [2.24, 2.45) is 0 Å². The maximum atomic E-state index is 13.3. The molecular formula is C10H9F4N3. The van der Waals surface area contributed by atoms with Crippen LogP contribution in [0.2, 0.25) is 0 Å². The van der Waals surface area contributed by atoms with Crippen molar-refractivity contribution in [2.75, 3.05) is 11.9 Å². The number of pyridine rings is 1. The van der Waals surface area contributed by atoms with Gasteiger partial charge in [-0.05, 0) is 6.92 Å². The van der Waals surface area contributed by atoms with E-state index in [0.717, 1.165) is 4.90 Å². The van der Waals surface area contributed by atoms with Gasteiger partial charge in [-0.3, -0.25) is 0 Å². The third kappa shape index (κ3) is 2.46. The van der Waals surface area contributed by atoms with E-state index in [-0.39, 0.29) is 6.42 Å². The number of halogens is 4. The lowest BCUT2D eigenvalue weighted by atomic mass is 10.2. The summed E-state index contributed by atoms with van der Waals surface area (Å²) >= 11 is 0. The Morgan fingerprint density at radius 2 is 1.71 bits per heavy atom. The topological polar surface area (TPSA) is 39.9 Å². The monoisotopic (exact) mass is 247 g/mol. The summed E-state index contributed by atoms with van der Waals surface area (Å²) in [6.45, 7) is 1.50. The first-order valence-corrected chi connectivity index (χ1v) is 4.69. The number of nitriles is 1. The standard InChI is InChI=1S/C10H9F4N3/c1-5(3-4-15)17(2)8-6(11)9(13)16-10(14)7(8)12/h5H,3H2,1-2H3. The number of anilines is 1. The molecule has 7 heteroatoms. The molecule has 1 aromatic heterocycles. The van der Waals surface area contributed by atoms with Crippen molar-refractivity contribution in [3.63, 3.8) is 0 Å². The van der Waals surface area contributed by atoms with E-state index >= 15 is 0 Å². The minimum absolute atomic E-state index is 0.0407. The van der Waals surface area contributed by atoms with Crippen molar-refractivity contribution in [2.45, 2.75) is 19.4 Å². The summed E-state index contributed by atoms with van der Waals surface area (Å²) in [6.07, 6.45) is -0.0407. The van der Waals surface area contributed by atoms with Crippen LogP contribution in [0.1, 0.15) is 13.3 Å². The molecule has 92 valence electrons. The molecule has 0 aromatic carbocycles. The first kappa shape index (κ1) is 13.2. The van der Waals surface area contributed by atoms with Gasteiger partial charge in [0.25, 0.3) is 11.9 Å². The summed E-state index contributed by atoms with van der Waals surface area (Å²) < 4.78 is 52.3. The Bertz CT molecular complexity index is 443. The van der Waals surface area contributed by atoms with Gasteiger partial charge in [0.2, 0.25) is 11.6 Å². The fraction of sp³-hybridized carbons (Fsp3) is 0.400. The normalized spacial score (nSPS) is 12.1. The molecule has 0 bridgehead atoms. The fourth-order valence-corrected chi connectivity index (χ4v) is 1.28. The average Bonchev–Trinajstić information content (AvgIpc) is 2.27. The summed E-state index contributed by atoms with van der Waals surface area (Å²) in [5, 5.41) is 8.46. The summed E-state index contributed by atoms with van der Waals surface area (Å²) in [7, 11) is 1.24. The number of nitrogens with zero attached hydrogens (tertiary/aromatic N) is 3. The highest BCUT2D eigenvalue weighted by molar-refractivity contribution is 5.48. The zero-order valence-corrected chi connectivity index (χ0v) is 9.14. The van der Waals surface area contributed by atoms with Crippen LogP contribution in [0.5, 0.6) is 0 Å². The molecule has 0 aliphatic rings. The lowest BCUT2D eigenvalue weighted by Crippen LogP contribution is -2.31. The number of aromatic nitrogens is 1. The fourth-order valence-electron chi connectivity index (χ4n) is 1.28. The molecule has 1 heterocycles. The predicted octanol–water partition coefficient (Wildman–Crippen LogP) is 2.38. The van der Waals surface area contributed by atoms with Crippen LogP contribution in [0.3, 0.4) is 0 Å². The summed E-state index contributed by atoms with van der Waals surface area (Å²) in [5.41, 5.74) is -0.863. The quantitative estimate of drug-likeness (QED) is 0.608. The Morgan fingerprint density at radius 1 is 1.24 bits per heavy atom. The van der Waals surface area contributed by atoms with Crippen LogP contribution in [0.25, 0.3) is 0 Å². The Balaban J connectivity index is 3.26. The summed E-state index contributed by atoms with van der Waals surface area (Å²) in [6, 6.07) is 1.20. The smallest absolute Gasteiger partial charge is 0.253 e. The summed E-state index contributed by atoms with van der Waals surface area (Å²) in [4.78, 5) is 3.41. The molecule has 0 fully saturated rings. The van der Waals surface area contributed by atoms with E-state index in [1.807, 2.05) is 0 Å². The Kier molecular flexibility index (Phi) is 3.89. The molecule has 1 unspecified atom stereocenters. The highest BCUT2D eigenvalue weighted by Crippen LogP contribution is 2.27. The molecule has 0 saturated carbocycles. The zero-order valence-electron chi connectivity index (χ0n) is 9.14. The minimum Gasteiger partial charge on any atom is -0.366 e. The molecule has 0 amide bonds. The molecule has 0 aliphatic carbocycles. The largest absolute Gasteiger partial charge is 0.366 e. The van der Waals surface area contributed by atoms with Crippen LogP contribution in [-0.4, -0.2) is 18.1 Å². The maximum Gasteiger partial charge on any atom is 0.253 e. The van der Waals surface area contributed by atoms with E-state index in [9.17, 15) is 17.6 Å². The second kappa shape index (κ2) is 4.99. The van der Waals surface area contributed by atoms with E-state index in [4.69, 9.17) is 5.26 Å². The van der Waals surface area contributed by atoms with Crippen molar-refractivity contribution in [1.82, 2.24) is 4.98 Å². The van der Waals surface area contributed by atoms with Crippen molar-refractivity contribution < 1.29 is 17.6 Å². The van der Waals surface area contributed by atoms with E-state index in [1.165, 1.54) is 14.0 Å². The molecular weight excluding hydrogens is 238 g/mol. The Hall–Kier alpha value is -1.84. The van der Waals surface area contributed by atoms with Gasteiger partial charge in [-0.25, -0.2) is 0 Å². The molecule has 0 aliphatic heterocycles. The van der Waals surface area contributed by atoms with Gasteiger partial charge in [0.1, 0.15) is 5.69 Å². The lowest BCUT2D eigenvalue weighted by molar-refractivity contribution is 0.404. The second-order valence-corrected chi connectivity index (χ2v) is 3.49. The molecule has 17 heavy (non-hydrogen) atoms. The average molecular weight is 247 g/mol. The van der Waals surface area contributed by atoms with Gasteiger partial charge >= 0.3 is 0 Å². The van der Waals surface area contributed by atoms with Gasteiger partial charge in [-0.1, -0.05) is 0 Å². The van der Waals surface area contributed by atoms with E-state index in [1.54, 1.807) is 6.07 Å². The zero-order chi connectivity index (χ0) is 13.2. The first-order valence-electron chi connectivity index (χ1n) is 4.69. The van der Waals surface area contributed by atoms with Crippen molar-refractivity contribution in [1.29, 1.82) is 5.26 Å². The molecule has 0 N–H and O–H groups in total. The van der Waals surface area contributed by atoms with E-state index < -0.39 is 35.3 Å². The Morgan fingerprint density at radius 3 is 2.12 bits per heavy atom. The van der Waals surface area contributed by atoms with E-state index in [0.29, 0.717) is 0 Å². The second-order valence-electron chi connectivity index (χ2n) is 3.49.